The Morgan fingerprint density at radius 1 is 0.971 bits per heavy atom. The van der Waals surface area contributed by atoms with Gasteiger partial charge in [0.2, 0.25) is 0 Å². The lowest BCUT2D eigenvalue weighted by atomic mass is 10.1. The summed E-state index contributed by atoms with van der Waals surface area (Å²) in [4.78, 5) is 24.4. The largest absolute Gasteiger partial charge is 0.490 e. The molecule has 8 heteroatoms. The second kappa shape index (κ2) is 12.6. The maximum atomic E-state index is 12.2. The molecule has 3 rings (SSSR count). The van der Waals surface area contributed by atoms with Crippen molar-refractivity contribution < 1.29 is 19.1 Å². The Labute approximate surface area is 207 Å². The molecule has 0 aliphatic carbocycles. The van der Waals surface area contributed by atoms with Gasteiger partial charge in [0.05, 0.1) is 17.3 Å². The van der Waals surface area contributed by atoms with E-state index in [1.807, 2.05) is 56.3 Å². The average Bonchev–Trinajstić information content (AvgIpc) is 2.84. The van der Waals surface area contributed by atoms with Gasteiger partial charge in [0, 0.05) is 5.69 Å². The zero-order valence-electron chi connectivity index (χ0n) is 19.0. The number of carbonyl (C=O) groups is 2. The van der Waals surface area contributed by atoms with Crippen molar-refractivity contribution in [3.05, 3.63) is 87.9 Å². The first-order valence-corrected chi connectivity index (χ1v) is 11.7. The van der Waals surface area contributed by atoms with Crippen molar-refractivity contribution in [2.45, 2.75) is 26.9 Å². The number of aryl methyl sites for hydroxylation is 1. The fourth-order valence-corrected chi connectivity index (χ4v) is 3.72. The first kappa shape index (κ1) is 25.0. The Kier molecular flexibility index (Phi) is 9.22. The number of hydrogen-bond donors (Lipinski definition) is 2. The minimum atomic E-state index is -0.867. The van der Waals surface area contributed by atoms with Crippen molar-refractivity contribution in [1.82, 2.24) is 5.43 Å². The summed E-state index contributed by atoms with van der Waals surface area (Å²) < 4.78 is 12.4. The predicted molar refractivity (Wildman–Crippen MR) is 136 cm³/mol. The number of anilines is 1. The standard InChI is InChI=1S/C26H26BrN3O4/c1-3-20-12-8-9-13-22(20)29-25(31)26(32)30-28-16-19-14-21(27)24(23(15-19)33-4-2)34-17-18-10-6-5-7-11-18/h5-16H,3-4,17H2,1-2H3,(H,29,31)(H,30,32). The van der Waals surface area contributed by atoms with E-state index in [4.69, 9.17) is 9.47 Å². The summed E-state index contributed by atoms with van der Waals surface area (Å²) in [6, 6.07) is 20.7. The van der Waals surface area contributed by atoms with Gasteiger partial charge in [-0.3, -0.25) is 9.59 Å². The number of benzene rings is 3. The number of nitrogens with one attached hydrogen (secondary N) is 2. The normalized spacial score (nSPS) is 10.7. The first-order valence-electron chi connectivity index (χ1n) is 10.9. The molecule has 3 aromatic rings. The number of amides is 2. The molecule has 3 aromatic carbocycles. The second-order valence-corrected chi connectivity index (χ2v) is 8.06. The van der Waals surface area contributed by atoms with Crippen LogP contribution in [0.4, 0.5) is 5.69 Å². The third-order valence-corrected chi connectivity index (χ3v) is 5.38. The van der Waals surface area contributed by atoms with Crippen LogP contribution in [-0.2, 0) is 22.6 Å². The summed E-state index contributed by atoms with van der Waals surface area (Å²) >= 11 is 3.52. The Morgan fingerprint density at radius 2 is 1.71 bits per heavy atom. The van der Waals surface area contributed by atoms with Crippen LogP contribution < -0.4 is 20.2 Å². The van der Waals surface area contributed by atoms with Crippen molar-refractivity contribution in [3.8, 4) is 11.5 Å². The fourth-order valence-electron chi connectivity index (χ4n) is 3.14. The van der Waals surface area contributed by atoms with Gasteiger partial charge in [-0.1, -0.05) is 55.5 Å². The van der Waals surface area contributed by atoms with E-state index in [1.54, 1.807) is 24.3 Å². The van der Waals surface area contributed by atoms with Crippen LogP contribution >= 0.6 is 15.9 Å². The topological polar surface area (TPSA) is 89.0 Å². The zero-order chi connectivity index (χ0) is 24.3. The van der Waals surface area contributed by atoms with Gasteiger partial charge in [0.1, 0.15) is 6.61 Å². The van der Waals surface area contributed by atoms with Crippen molar-refractivity contribution >= 4 is 39.6 Å². The van der Waals surface area contributed by atoms with Crippen molar-refractivity contribution in [1.29, 1.82) is 0 Å². The Morgan fingerprint density at radius 3 is 2.44 bits per heavy atom. The number of ether oxygens (including phenoxy) is 2. The third-order valence-electron chi connectivity index (χ3n) is 4.79. The second-order valence-electron chi connectivity index (χ2n) is 7.20. The van der Waals surface area contributed by atoms with E-state index in [1.165, 1.54) is 6.21 Å². The first-order chi connectivity index (χ1) is 16.5. The minimum Gasteiger partial charge on any atom is -0.490 e. The van der Waals surface area contributed by atoms with E-state index in [0.29, 0.717) is 40.4 Å². The molecule has 0 aromatic heterocycles. The van der Waals surface area contributed by atoms with E-state index in [2.05, 4.69) is 31.8 Å². The molecule has 0 atom stereocenters. The molecule has 0 unspecified atom stereocenters. The van der Waals surface area contributed by atoms with E-state index in [-0.39, 0.29) is 0 Å². The molecule has 0 bridgehead atoms. The molecule has 2 N–H and O–H groups in total. The molecule has 0 radical (unpaired) electrons. The highest BCUT2D eigenvalue weighted by molar-refractivity contribution is 9.10. The fraction of sp³-hybridized carbons (Fsp3) is 0.192. The van der Waals surface area contributed by atoms with E-state index >= 15 is 0 Å². The molecule has 0 aliphatic rings. The lowest BCUT2D eigenvalue weighted by Gasteiger charge is -2.14. The molecule has 0 aliphatic heterocycles. The van der Waals surface area contributed by atoms with Crippen molar-refractivity contribution in [3.63, 3.8) is 0 Å². The van der Waals surface area contributed by atoms with Crippen molar-refractivity contribution in [2.24, 2.45) is 5.10 Å². The number of nitrogens with zero attached hydrogens (tertiary/aromatic N) is 1. The van der Waals surface area contributed by atoms with E-state index in [0.717, 1.165) is 17.5 Å². The molecule has 34 heavy (non-hydrogen) atoms. The highest BCUT2D eigenvalue weighted by atomic mass is 79.9. The lowest BCUT2D eigenvalue weighted by Crippen LogP contribution is -2.32. The quantitative estimate of drug-likeness (QED) is 0.232. The number of hydrazone groups is 1. The van der Waals surface area contributed by atoms with Gasteiger partial charge in [-0.2, -0.15) is 5.10 Å². The third kappa shape index (κ3) is 6.92. The summed E-state index contributed by atoms with van der Waals surface area (Å²) in [6.07, 6.45) is 2.16. The summed E-state index contributed by atoms with van der Waals surface area (Å²) in [5.41, 5.74) is 5.48. The maximum absolute atomic E-state index is 12.2. The number of para-hydroxylation sites is 1. The summed E-state index contributed by atoms with van der Waals surface area (Å²) in [5, 5.41) is 6.52. The molecular formula is C26H26BrN3O4. The van der Waals surface area contributed by atoms with Crippen LogP contribution in [0.5, 0.6) is 11.5 Å². The monoisotopic (exact) mass is 523 g/mol. The molecule has 0 saturated carbocycles. The van der Waals surface area contributed by atoms with Crippen LogP contribution in [0, 0.1) is 0 Å². The maximum Gasteiger partial charge on any atom is 0.329 e. The molecule has 0 heterocycles. The molecule has 176 valence electrons. The highest BCUT2D eigenvalue weighted by Crippen LogP contribution is 2.37. The van der Waals surface area contributed by atoms with Gasteiger partial charge in [-0.05, 0) is 64.2 Å². The molecule has 0 fully saturated rings. The predicted octanol–water partition coefficient (Wildman–Crippen LogP) is 5.08. The van der Waals surface area contributed by atoms with Crippen LogP contribution in [0.2, 0.25) is 0 Å². The van der Waals surface area contributed by atoms with Gasteiger partial charge in [0.25, 0.3) is 0 Å². The molecule has 0 spiro atoms. The van der Waals surface area contributed by atoms with E-state index < -0.39 is 11.8 Å². The Balaban J connectivity index is 1.65. The van der Waals surface area contributed by atoms with Gasteiger partial charge in [0.15, 0.2) is 11.5 Å². The summed E-state index contributed by atoms with van der Waals surface area (Å²) in [5.74, 6) is -0.552. The van der Waals surface area contributed by atoms with Crippen LogP contribution in [0.1, 0.15) is 30.5 Å². The summed E-state index contributed by atoms with van der Waals surface area (Å²) in [7, 11) is 0. The molecule has 2 amide bonds. The van der Waals surface area contributed by atoms with Crippen molar-refractivity contribution in [2.75, 3.05) is 11.9 Å². The zero-order valence-corrected chi connectivity index (χ0v) is 20.6. The van der Waals surface area contributed by atoms with Gasteiger partial charge < -0.3 is 14.8 Å². The van der Waals surface area contributed by atoms with E-state index in [9.17, 15) is 9.59 Å². The van der Waals surface area contributed by atoms with Gasteiger partial charge in [-0.15, -0.1) is 0 Å². The number of halogens is 1. The highest BCUT2D eigenvalue weighted by Gasteiger charge is 2.15. The SMILES string of the molecule is CCOc1cc(C=NNC(=O)C(=O)Nc2ccccc2CC)cc(Br)c1OCc1ccccc1. The molecule has 0 saturated heterocycles. The van der Waals surface area contributed by atoms with Crippen LogP contribution in [0.3, 0.4) is 0 Å². The number of rotatable bonds is 9. The molecular weight excluding hydrogens is 498 g/mol. The van der Waals surface area contributed by atoms with Crippen LogP contribution in [-0.4, -0.2) is 24.6 Å². The smallest absolute Gasteiger partial charge is 0.329 e. The number of hydrogen-bond acceptors (Lipinski definition) is 5. The average molecular weight is 524 g/mol. The summed E-state index contributed by atoms with van der Waals surface area (Å²) in [6.45, 7) is 4.69. The van der Waals surface area contributed by atoms with Crippen LogP contribution in [0.15, 0.2) is 76.3 Å². The Bertz CT molecular complexity index is 1170. The van der Waals surface area contributed by atoms with Gasteiger partial charge >= 0.3 is 11.8 Å². The minimum absolute atomic E-state index is 0.388. The number of carbonyl (C=O) groups excluding carboxylic acids is 2. The Hall–Kier alpha value is -3.65. The lowest BCUT2D eigenvalue weighted by molar-refractivity contribution is -0.136. The molecule has 7 nitrogen and oxygen atoms in total. The van der Waals surface area contributed by atoms with Gasteiger partial charge in [-0.25, -0.2) is 5.43 Å². The van der Waals surface area contributed by atoms with Crippen LogP contribution in [0.25, 0.3) is 0 Å².